The molecule has 0 saturated carbocycles. The third kappa shape index (κ3) is 3.94. The van der Waals surface area contributed by atoms with Gasteiger partial charge in [0, 0.05) is 18.0 Å². The molecule has 0 aliphatic heterocycles. The molecule has 2 rings (SSSR count). The highest BCUT2D eigenvalue weighted by atomic mass is 79.9. The molecule has 0 heterocycles. The molecule has 112 valence electrons. The van der Waals surface area contributed by atoms with Gasteiger partial charge in [0.1, 0.15) is 11.5 Å². The number of benzene rings is 2. The van der Waals surface area contributed by atoms with Crippen molar-refractivity contribution in [2.24, 2.45) is 0 Å². The molecule has 0 amide bonds. The van der Waals surface area contributed by atoms with Crippen molar-refractivity contribution in [3.8, 4) is 11.8 Å². The minimum absolute atomic E-state index is 0.205. The molecule has 1 unspecified atom stereocenters. The van der Waals surface area contributed by atoms with Crippen molar-refractivity contribution in [2.75, 3.05) is 7.11 Å². The summed E-state index contributed by atoms with van der Waals surface area (Å²) in [5.41, 5.74) is 2.56. The fraction of sp³-hybridized carbons (Fsp3) is 0.176. The first-order valence-corrected chi connectivity index (χ1v) is 7.73. The molecule has 0 fully saturated rings. The van der Waals surface area contributed by atoms with Gasteiger partial charge in [-0.3, -0.25) is 5.41 Å². The third-order valence-corrected chi connectivity index (χ3v) is 3.74. The van der Waals surface area contributed by atoms with Crippen LogP contribution >= 0.6 is 15.9 Å². The lowest BCUT2D eigenvalue weighted by atomic mass is 10.1. The van der Waals surface area contributed by atoms with E-state index >= 15 is 0 Å². The lowest BCUT2D eigenvalue weighted by Crippen LogP contribution is -2.29. The molecule has 1 N–H and O–H groups in total. The molecular formula is C17H15BrN2O2. The summed E-state index contributed by atoms with van der Waals surface area (Å²) >= 11 is 3.39. The van der Waals surface area contributed by atoms with E-state index < -0.39 is 6.29 Å². The number of hydrogen-bond acceptors (Lipinski definition) is 4. The lowest BCUT2D eigenvalue weighted by Gasteiger charge is -2.18. The minimum Gasteiger partial charge on any atom is -0.459 e. The average molecular weight is 359 g/mol. The molecule has 0 bridgehead atoms. The second kappa shape index (κ2) is 7.74. The molecule has 4 nitrogen and oxygen atoms in total. The number of alkyl halides is 1. The quantitative estimate of drug-likeness (QED) is 0.484. The van der Waals surface area contributed by atoms with Gasteiger partial charge in [0.05, 0.1) is 11.6 Å². The van der Waals surface area contributed by atoms with Crippen LogP contribution in [-0.4, -0.2) is 19.1 Å². The van der Waals surface area contributed by atoms with Gasteiger partial charge in [-0.1, -0.05) is 40.2 Å². The maximum absolute atomic E-state index is 8.80. The predicted octanol–water partition coefficient (Wildman–Crippen LogP) is 3.87. The first-order chi connectivity index (χ1) is 10.7. The van der Waals surface area contributed by atoms with Crippen LogP contribution in [0.2, 0.25) is 0 Å². The number of nitrogens with zero attached hydrogens (tertiary/aromatic N) is 1. The van der Waals surface area contributed by atoms with Crippen molar-refractivity contribution in [3.05, 3.63) is 65.2 Å². The Kier molecular flexibility index (Phi) is 5.70. The van der Waals surface area contributed by atoms with Crippen LogP contribution in [0.1, 0.15) is 16.7 Å². The number of nitrogens with one attached hydrogen (secondary N) is 1. The highest BCUT2D eigenvalue weighted by Gasteiger charge is 2.17. The zero-order chi connectivity index (χ0) is 15.9. The summed E-state index contributed by atoms with van der Waals surface area (Å²) in [6.45, 7) is 0. The fourth-order valence-corrected chi connectivity index (χ4v) is 2.24. The van der Waals surface area contributed by atoms with Gasteiger partial charge in [0.2, 0.25) is 6.29 Å². The Morgan fingerprint density at radius 3 is 2.32 bits per heavy atom. The molecule has 1 atom stereocenters. The van der Waals surface area contributed by atoms with Crippen LogP contribution in [0.3, 0.4) is 0 Å². The number of halogens is 1. The van der Waals surface area contributed by atoms with Gasteiger partial charge in [-0.05, 0) is 29.8 Å². The summed E-state index contributed by atoms with van der Waals surface area (Å²) in [4.78, 5) is 0. The van der Waals surface area contributed by atoms with Crippen molar-refractivity contribution in [1.29, 1.82) is 10.7 Å². The number of rotatable bonds is 6. The van der Waals surface area contributed by atoms with Gasteiger partial charge in [0.25, 0.3) is 0 Å². The largest absolute Gasteiger partial charge is 0.459 e. The van der Waals surface area contributed by atoms with Gasteiger partial charge in [0.15, 0.2) is 0 Å². The smallest absolute Gasteiger partial charge is 0.243 e. The zero-order valence-corrected chi connectivity index (χ0v) is 13.6. The van der Waals surface area contributed by atoms with E-state index in [2.05, 4.69) is 22.0 Å². The van der Waals surface area contributed by atoms with E-state index in [1.54, 1.807) is 24.3 Å². The summed E-state index contributed by atoms with van der Waals surface area (Å²) < 4.78 is 11.0. The van der Waals surface area contributed by atoms with E-state index in [9.17, 15) is 0 Å². The average Bonchev–Trinajstić information content (AvgIpc) is 2.59. The van der Waals surface area contributed by atoms with Crippen LogP contribution in [-0.2, 0) is 10.1 Å². The highest BCUT2D eigenvalue weighted by molar-refractivity contribution is 9.08. The van der Waals surface area contributed by atoms with Crippen molar-refractivity contribution >= 4 is 21.6 Å². The zero-order valence-electron chi connectivity index (χ0n) is 12.0. The first-order valence-electron chi connectivity index (χ1n) is 6.61. The topological polar surface area (TPSA) is 66.1 Å². The molecule has 0 saturated heterocycles. The van der Waals surface area contributed by atoms with Crippen LogP contribution in [0.4, 0.5) is 0 Å². The second-order valence-electron chi connectivity index (χ2n) is 4.57. The van der Waals surface area contributed by atoms with Gasteiger partial charge in [-0.15, -0.1) is 0 Å². The molecule has 5 heteroatoms. The number of nitriles is 1. The van der Waals surface area contributed by atoms with Gasteiger partial charge in [-0.25, -0.2) is 0 Å². The van der Waals surface area contributed by atoms with Gasteiger partial charge < -0.3 is 9.47 Å². The van der Waals surface area contributed by atoms with Gasteiger partial charge in [-0.2, -0.15) is 5.26 Å². The number of methoxy groups -OCH3 is 1. The summed E-state index contributed by atoms with van der Waals surface area (Å²) in [5.74, 6) is 0.634. The predicted molar refractivity (Wildman–Crippen MR) is 88.5 cm³/mol. The second-order valence-corrected chi connectivity index (χ2v) is 5.13. The fourth-order valence-electron chi connectivity index (χ4n) is 1.87. The summed E-state index contributed by atoms with van der Waals surface area (Å²) in [6, 6.07) is 16.4. The van der Waals surface area contributed by atoms with Crippen molar-refractivity contribution in [1.82, 2.24) is 0 Å². The maximum atomic E-state index is 8.80. The molecule has 22 heavy (non-hydrogen) atoms. The summed E-state index contributed by atoms with van der Waals surface area (Å²) in [6.07, 6.45) is -0.803. The van der Waals surface area contributed by atoms with Gasteiger partial charge >= 0.3 is 0 Å². The number of hydrogen-bond donors (Lipinski definition) is 1. The van der Waals surface area contributed by atoms with Crippen molar-refractivity contribution < 1.29 is 9.47 Å². The Morgan fingerprint density at radius 1 is 1.18 bits per heavy atom. The van der Waals surface area contributed by atoms with E-state index in [4.69, 9.17) is 20.1 Å². The molecule has 0 radical (unpaired) electrons. The van der Waals surface area contributed by atoms with Crippen LogP contribution in [0.5, 0.6) is 5.75 Å². The van der Waals surface area contributed by atoms with Crippen LogP contribution in [0.25, 0.3) is 0 Å². The Labute approximate surface area is 137 Å². The Bertz CT molecular complexity index is 675. The van der Waals surface area contributed by atoms with Crippen molar-refractivity contribution in [2.45, 2.75) is 11.6 Å². The maximum Gasteiger partial charge on any atom is 0.243 e. The molecule has 2 aromatic carbocycles. The monoisotopic (exact) mass is 358 g/mol. The lowest BCUT2D eigenvalue weighted by molar-refractivity contribution is -0.000294. The number of ether oxygens (including phenoxy) is 2. The first kappa shape index (κ1) is 16.2. The summed E-state index contributed by atoms with van der Waals surface area (Å²) in [7, 11) is 1.50. The Balaban J connectivity index is 2.12. The summed E-state index contributed by atoms with van der Waals surface area (Å²) in [5, 5.41) is 17.8. The standard InChI is InChI=1S/C17H15BrN2O2/c1-21-17(22-15-8-4-12(10-18)5-9-15)16(20)14-6-2-13(11-19)3-7-14/h2-9,17,20H,10H2,1H3. The third-order valence-electron chi connectivity index (χ3n) is 3.10. The normalized spacial score (nSPS) is 11.5. The van der Waals surface area contributed by atoms with E-state index in [0.29, 0.717) is 16.9 Å². The molecule has 0 spiro atoms. The van der Waals surface area contributed by atoms with E-state index in [0.717, 1.165) is 10.9 Å². The van der Waals surface area contributed by atoms with E-state index in [-0.39, 0.29) is 5.71 Å². The molecule has 0 aliphatic carbocycles. The molecule has 0 aliphatic rings. The SMILES string of the molecule is COC(Oc1ccc(CBr)cc1)C(=N)c1ccc(C#N)cc1. The Hall–Kier alpha value is -2.16. The molecule has 2 aromatic rings. The van der Waals surface area contributed by atoms with Crippen LogP contribution in [0.15, 0.2) is 48.5 Å². The van der Waals surface area contributed by atoms with Crippen molar-refractivity contribution in [3.63, 3.8) is 0 Å². The molecule has 0 aromatic heterocycles. The Morgan fingerprint density at radius 2 is 1.82 bits per heavy atom. The minimum atomic E-state index is -0.803. The van der Waals surface area contributed by atoms with E-state index in [1.165, 1.54) is 7.11 Å². The molecular weight excluding hydrogens is 344 g/mol. The highest BCUT2D eigenvalue weighted by Crippen LogP contribution is 2.17. The van der Waals surface area contributed by atoms with E-state index in [1.807, 2.05) is 24.3 Å². The van der Waals surface area contributed by atoms with Crippen LogP contribution in [0, 0.1) is 16.7 Å². The van der Waals surface area contributed by atoms with Crippen LogP contribution < -0.4 is 4.74 Å².